The minimum atomic E-state index is -0.525. The van der Waals surface area contributed by atoms with Gasteiger partial charge in [0.25, 0.3) is 11.8 Å². The highest BCUT2D eigenvalue weighted by Gasteiger charge is 2.17. The summed E-state index contributed by atoms with van der Waals surface area (Å²) in [6.07, 6.45) is 2.94. The Morgan fingerprint density at radius 3 is 2.52 bits per heavy atom. The molecule has 0 aliphatic heterocycles. The van der Waals surface area contributed by atoms with Crippen molar-refractivity contribution in [1.29, 1.82) is 0 Å². The number of hydrogen-bond acceptors (Lipinski definition) is 6. The standard InChI is InChI=1S/C25H22N4O4/c1-16-9-11-18(12-10-16)23-28-22(33-29-23)15-26-25(31)21(14-19-7-5-13-32-19)27-24(30)20-8-4-3-6-17(20)2/h3-14H,15H2,1-2H3,(H,26,31)(H,27,30)/b21-14-. The number of benzene rings is 2. The fourth-order valence-electron chi connectivity index (χ4n) is 3.09. The van der Waals surface area contributed by atoms with Crippen LogP contribution in [0.25, 0.3) is 17.5 Å². The molecule has 0 saturated carbocycles. The molecule has 2 heterocycles. The van der Waals surface area contributed by atoms with Crippen LogP contribution in [0, 0.1) is 13.8 Å². The third-order valence-electron chi connectivity index (χ3n) is 4.89. The number of aryl methyl sites for hydroxylation is 2. The Hall–Kier alpha value is -4.46. The molecule has 0 fully saturated rings. The van der Waals surface area contributed by atoms with Gasteiger partial charge in [0.1, 0.15) is 11.5 Å². The van der Waals surface area contributed by atoms with Gasteiger partial charge in [0, 0.05) is 17.2 Å². The Kier molecular flexibility index (Phi) is 6.45. The molecule has 4 aromatic rings. The lowest BCUT2D eigenvalue weighted by molar-refractivity contribution is -0.118. The summed E-state index contributed by atoms with van der Waals surface area (Å²) in [4.78, 5) is 30.0. The lowest BCUT2D eigenvalue weighted by atomic mass is 10.1. The van der Waals surface area contributed by atoms with Crippen LogP contribution in [-0.2, 0) is 11.3 Å². The number of aromatic nitrogens is 2. The van der Waals surface area contributed by atoms with E-state index in [2.05, 4.69) is 20.8 Å². The minimum Gasteiger partial charge on any atom is -0.465 e. The zero-order valence-corrected chi connectivity index (χ0v) is 18.2. The summed E-state index contributed by atoms with van der Waals surface area (Å²) in [6, 6.07) is 18.2. The molecule has 4 rings (SSSR count). The normalized spacial score (nSPS) is 11.3. The van der Waals surface area contributed by atoms with Crippen LogP contribution in [0.15, 0.2) is 81.6 Å². The molecular formula is C25H22N4O4. The summed E-state index contributed by atoms with van der Waals surface area (Å²) in [6.45, 7) is 3.81. The molecule has 166 valence electrons. The van der Waals surface area contributed by atoms with Crippen LogP contribution in [-0.4, -0.2) is 22.0 Å². The zero-order chi connectivity index (χ0) is 23.2. The van der Waals surface area contributed by atoms with Crippen LogP contribution >= 0.6 is 0 Å². The molecule has 2 N–H and O–H groups in total. The second-order valence-corrected chi connectivity index (χ2v) is 7.40. The van der Waals surface area contributed by atoms with Crippen molar-refractivity contribution in [2.45, 2.75) is 20.4 Å². The van der Waals surface area contributed by atoms with Gasteiger partial charge in [-0.05, 0) is 37.6 Å². The molecule has 0 unspecified atom stereocenters. The lowest BCUT2D eigenvalue weighted by Crippen LogP contribution is -2.34. The number of carbonyl (C=O) groups excluding carboxylic acids is 2. The average Bonchev–Trinajstić information content (AvgIpc) is 3.50. The van der Waals surface area contributed by atoms with Crippen LogP contribution in [0.5, 0.6) is 0 Å². The summed E-state index contributed by atoms with van der Waals surface area (Å²) < 4.78 is 10.6. The number of carbonyl (C=O) groups is 2. The molecule has 0 atom stereocenters. The van der Waals surface area contributed by atoms with E-state index in [9.17, 15) is 9.59 Å². The highest BCUT2D eigenvalue weighted by atomic mass is 16.5. The monoisotopic (exact) mass is 442 g/mol. The largest absolute Gasteiger partial charge is 0.465 e. The summed E-state index contributed by atoms with van der Waals surface area (Å²) in [5.74, 6) is 0.161. The van der Waals surface area contributed by atoms with Crippen molar-refractivity contribution in [3.63, 3.8) is 0 Å². The van der Waals surface area contributed by atoms with E-state index >= 15 is 0 Å². The van der Waals surface area contributed by atoms with Gasteiger partial charge in [-0.2, -0.15) is 4.98 Å². The Balaban J connectivity index is 1.47. The fourth-order valence-corrected chi connectivity index (χ4v) is 3.09. The van der Waals surface area contributed by atoms with Gasteiger partial charge < -0.3 is 19.6 Å². The molecular weight excluding hydrogens is 420 g/mol. The first kappa shape index (κ1) is 21.8. The lowest BCUT2D eigenvalue weighted by Gasteiger charge is -2.11. The Bertz CT molecular complexity index is 1290. The van der Waals surface area contributed by atoms with E-state index in [0.29, 0.717) is 17.1 Å². The van der Waals surface area contributed by atoms with E-state index in [0.717, 1.165) is 16.7 Å². The highest BCUT2D eigenvalue weighted by Crippen LogP contribution is 2.16. The maximum Gasteiger partial charge on any atom is 0.268 e. The molecule has 0 saturated heterocycles. The minimum absolute atomic E-state index is 0.00652. The molecule has 2 aromatic carbocycles. The number of nitrogens with one attached hydrogen (secondary N) is 2. The van der Waals surface area contributed by atoms with E-state index in [1.807, 2.05) is 50.2 Å². The number of nitrogens with zero attached hydrogens (tertiary/aromatic N) is 2. The molecule has 8 nitrogen and oxygen atoms in total. The summed E-state index contributed by atoms with van der Waals surface area (Å²) in [5, 5.41) is 9.33. The maximum absolute atomic E-state index is 12.9. The van der Waals surface area contributed by atoms with E-state index in [-0.39, 0.29) is 18.1 Å². The van der Waals surface area contributed by atoms with Crippen molar-refractivity contribution < 1.29 is 18.5 Å². The van der Waals surface area contributed by atoms with Gasteiger partial charge >= 0.3 is 0 Å². The Morgan fingerprint density at radius 2 is 1.79 bits per heavy atom. The summed E-state index contributed by atoms with van der Waals surface area (Å²) >= 11 is 0. The maximum atomic E-state index is 12.9. The van der Waals surface area contributed by atoms with Gasteiger partial charge in [0.15, 0.2) is 0 Å². The van der Waals surface area contributed by atoms with E-state index in [1.54, 1.807) is 24.3 Å². The molecule has 0 aliphatic carbocycles. The second kappa shape index (κ2) is 9.78. The predicted octanol–water partition coefficient (Wildman–Crippen LogP) is 4.03. The van der Waals surface area contributed by atoms with Gasteiger partial charge in [-0.1, -0.05) is 53.2 Å². The molecule has 0 radical (unpaired) electrons. The van der Waals surface area contributed by atoms with Gasteiger partial charge in [0.05, 0.1) is 12.8 Å². The number of rotatable bonds is 7. The smallest absolute Gasteiger partial charge is 0.268 e. The molecule has 0 aliphatic rings. The van der Waals surface area contributed by atoms with E-state index in [4.69, 9.17) is 8.94 Å². The van der Waals surface area contributed by atoms with Crippen LogP contribution in [0.1, 0.15) is 33.1 Å². The Morgan fingerprint density at radius 1 is 1.00 bits per heavy atom. The Labute approximate surface area is 190 Å². The first-order valence-electron chi connectivity index (χ1n) is 10.3. The van der Waals surface area contributed by atoms with Crippen molar-refractivity contribution in [2.75, 3.05) is 0 Å². The summed E-state index contributed by atoms with van der Waals surface area (Å²) in [7, 11) is 0. The van der Waals surface area contributed by atoms with Gasteiger partial charge in [-0.3, -0.25) is 9.59 Å². The van der Waals surface area contributed by atoms with Crippen LogP contribution in [0.4, 0.5) is 0 Å². The van der Waals surface area contributed by atoms with Crippen LogP contribution in [0.3, 0.4) is 0 Å². The molecule has 0 spiro atoms. The van der Waals surface area contributed by atoms with Gasteiger partial charge in [-0.15, -0.1) is 0 Å². The first-order valence-corrected chi connectivity index (χ1v) is 10.3. The molecule has 33 heavy (non-hydrogen) atoms. The number of hydrogen-bond donors (Lipinski definition) is 2. The summed E-state index contributed by atoms with van der Waals surface area (Å²) in [5.41, 5.74) is 3.22. The second-order valence-electron chi connectivity index (χ2n) is 7.40. The zero-order valence-electron chi connectivity index (χ0n) is 18.2. The van der Waals surface area contributed by atoms with Crippen molar-refractivity contribution in [3.8, 4) is 11.4 Å². The van der Waals surface area contributed by atoms with Crippen molar-refractivity contribution >= 4 is 17.9 Å². The van der Waals surface area contributed by atoms with E-state index < -0.39 is 11.8 Å². The number of amides is 2. The highest BCUT2D eigenvalue weighted by molar-refractivity contribution is 6.05. The quantitative estimate of drug-likeness (QED) is 0.418. The van der Waals surface area contributed by atoms with Crippen molar-refractivity contribution in [2.24, 2.45) is 0 Å². The molecule has 2 aromatic heterocycles. The topological polar surface area (TPSA) is 110 Å². The SMILES string of the molecule is Cc1ccc(-c2noc(CNC(=O)/C(=C/c3ccco3)NC(=O)c3ccccc3C)n2)cc1. The van der Waals surface area contributed by atoms with Gasteiger partial charge in [0.2, 0.25) is 11.7 Å². The van der Waals surface area contributed by atoms with Crippen molar-refractivity contribution in [1.82, 2.24) is 20.8 Å². The molecule has 8 heteroatoms. The van der Waals surface area contributed by atoms with Gasteiger partial charge in [-0.25, -0.2) is 0 Å². The molecule has 2 amide bonds. The average molecular weight is 442 g/mol. The van der Waals surface area contributed by atoms with Crippen LogP contribution in [0.2, 0.25) is 0 Å². The number of furan rings is 1. The predicted molar refractivity (Wildman–Crippen MR) is 122 cm³/mol. The van der Waals surface area contributed by atoms with Crippen molar-refractivity contribution in [3.05, 3.63) is 101 Å². The third kappa shape index (κ3) is 5.43. The fraction of sp³-hybridized carbons (Fsp3) is 0.120. The van der Waals surface area contributed by atoms with Crippen LogP contribution < -0.4 is 10.6 Å². The third-order valence-corrected chi connectivity index (χ3v) is 4.89. The first-order chi connectivity index (χ1) is 16.0. The van der Waals surface area contributed by atoms with E-state index in [1.165, 1.54) is 12.3 Å². The molecule has 0 bridgehead atoms.